The third-order valence-corrected chi connectivity index (χ3v) is 10.5. The van der Waals surface area contributed by atoms with Crippen molar-refractivity contribution in [1.29, 1.82) is 0 Å². The molecule has 0 unspecified atom stereocenters. The Labute approximate surface area is 238 Å². The minimum absolute atomic E-state index is 0.0280. The maximum Gasteiger partial charge on any atom is 0.248 e. The molecule has 0 spiro atoms. The normalized spacial score (nSPS) is 21.8. The molecule has 2 aromatic rings. The average molecular weight is 571 g/mol. The van der Waals surface area contributed by atoms with Gasteiger partial charge in [-0.15, -0.1) is 0 Å². The molecule has 2 aromatic carbocycles. The molecule has 2 saturated heterocycles. The molecule has 5 rings (SSSR count). The number of piperidine rings is 1. The Balaban J connectivity index is 1.16. The van der Waals surface area contributed by atoms with Gasteiger partial charge in [0.2, 0.25) is 15.9 Å². The van der Waals surface area contributed by atoms with Gasteiger partial charge in [0.05, 0.1) is 24.7 Å². The predicted octanol–water partition coefficient (Wildman–Crippen LogP) is 2.31. The first kappa shape index (κ1) is 29.0. The number of sulfonamides is 1. The van der Waals surface area contributed by atoms with E-state index in [1.54, 1.807) is 31.4 Å². The number of methoxy groups -OCH3 is 1. The van der Waals surface area contributed by atoms with Crippen molar-refractivity contribution in [3.05, 3.63) is 59.7 Å². The summed E-state index contributed by atoms with van der Waals surface area (Å²) in [6.07, 6.45) is 3.04. The van der Waals surface area contributed by atoms with Gasteiger partial charge in [-0.05, 0) is 80.7 Å². The van der Waals surface area contributed by atoms with Gasteiger partial charge in [-0.2, -0.15) is 4.31 Å². The van der Waals surface area contributed by atoms with Gasteiger partial charge in [-0.1, -0.05) is 24.3 Å². The summed E-state index contributed by atoms with van der Waals surface area (Å²) in [6, 6.07) is 14.0. The number of carbonyl (C=O) groups is 1. The summed E-state index contributed by atoms with van der Waals surface area (Å²) in [5.74, 6) is 1.32. The van der Waals surface area contributed by atoms with Crippen LogP contribution in [0.5, 0.6) is 5.75 Å². The molecular formula is C30H42N4O5S. The van der Waals surface area contributed by atoms with Gasteiger partial charge in [0, 0.05) is 39.3 Å². The lowest BCUT2D eigenvalue weighted by Gasteiger charge is -2.38. The van der Waals surface area contributed by atoms with E-state index in [1.165, 1.54) is 30.2 Å². The van der Waals surface area contributed by atoms with E-state index in [0.717, 1.165) is 36.7 Å². The molecule has 0 aliphatic carbocycles. The van der Waals surface area contributed by atoms with Crippen LogP contribution in [0, 0.1) is 5.92 Å². The van der Waals surface area contributed by atoms with E-state index < -0.39 is 16.1 Å². The van der Waals surface area contributed by atoms with Crippen LogP contribution in [-0.4, -0.2) is 113 Å². The maximum absolute atomic E-state index is 13.7. The number of piperazine rings is 1. The molecule has 0 saturated carbocycles. The summed E-state index contributed by atoms with van der Waals surface area (Å²) in [5, 5.41) is 0. The van der Waals surface area contributed by atoms with Crippen molar-refractivity contribution in [2.24, 2.45) is 5.92 Å². The summed E-state index contributed by atoms with van der Waals surface area (Å²) in [5.41, 5.74) is 2.11. The second-order valence-corrected chi connectivity index (χ2v) is 13.2. The standard InChI is InChI=1S/C30H42N4O5S/c1-31-13-11-24(12-14-31)20-32-15-17-33(18-16-32)30(35)23-39-22-27-19-25-5-3-4-6-26(25)21-34(27)40(36,37)29-9-7-28(38-2)8-10-29/h3-10,24,27H,11-23H2,1-2H3/t27-/m0/s1. The number of carbonyl (C=O) groups excluding carboxylic acids is 1. The number of amides is 1. The third kappa shape index (κ3) is 6.86. The minimum atomic E-state index is -3.78. The molecule has 3 aliphatic rings. The van der Waals surface area contributed by atoms with Gasteiger partial charge in [0.15, 0.2) is 0 Å². The average Bonchev–Trinajstić information content (AvgIpc) is 2.98. The van der Waals surface area contributed by atoms with Crippen molar-refractivity contribution in [1.82, 2.24) is 19.0 Å². The topological polar surface area (TPSA) is 82.6 Å². The van der Waals surface area contributed by atoms with E-state index in [9.17, 15) is 13.2 Å². The number of nitrogens with zero attached hydrogens (tertiary/aromatic N) is 4. The first-order valence-corrected chi connectivity index (χ1v) is 15.8. The highest BCUT2D eigenvalue weighted by Gasteiger charge is 2.36. The Hall–Kier alpha value is -2.50. The lowest BCUT2D eigenvalue weighted by atomic mass is 9.96. The van der Waals surface area contributed by atoms with E-state index in [2.05, 4.69) is 16.8 Å². The van der Waals surface area contributed by atoms with Gasteiger partial charge < -0.3 is 19.3 Å². The monoisotopic (exact) mass is 570 g/mol. The van der Waals surface area contributed by atoms with E-state index in [0.29, 0.717) is 25.3 Å². The van der Waals surface area contributed by atoms with E-state index in [-0.39, 0.29) is 30.6 Å². The zero-order chi connectivity index (χ0) is 28.1. The van der Waals surface area contributed by atoms with Crippen LogP contribution in [0.15, 0.2) is 53.4 Å². The number of ether oxygens (including phenoxy) is 2. The van der Waals surface area contributed by atoms with Gasteiger partial charge in [-0.3, -0.25) is 9.69 Å². The van der Waals surface area contributed by atoms with Crippen molar-refractivity contribution < 1.29 is 22.7 Å². The molecule has 0 bridgehead atoms. The second-order valence-electron chi connectivity index (χ2n) is 11.3. The number of rotatable bonds is 9. The van der Waals surface area contributed by atoms with Crippen LogP contribution in [0.3, 0.4) is 0 Å². The van der Waals surface area contributed by atoms with Crippen LogP contribution < -0.4 is 4.74 Å². The van der Waals surface area contributed by atoms with Crippen molar-refractivity contribution in [3.63, 3.8) is 0 Å². The molecule has 2 fully saturated rings. The highest BCUT2D eigenvalue weighted by molar-refractivity contribution is 7.89. The Morgan fingerprint density at radius 3 is 2.27 bits per heavy atom. The highest BCUT2D eigenvalue weighted by Crippen LogP contribution is 2.30. The molecule has 10 heteroatoms. The maximum atomic E-state index is 13.7. The van der Waals surface area contributed by atoms with Crippen LogP contribution in [0.1, 0.15) is 24.0 Å². The SMILES string of the molecule is COc1ccc(S(=O)(=O)N2Cc3ccccc3C[C@H]2COCC(=O)N2CCN(CC3CCN(C)CC3)CC2)cc1. The Bertz CT molecular complexity index is 1240. The van der Waals surface area contributed by atoms with Gasteiger partial charge in [0.1, 0.15) is 12.4 Å². The smallest absolute Gasteiger partial charge is 0.248 e. The molecule has 3 heterocycles. The first-order valence-electron chi connectivity index (χ1n) is 14.3. The molecule has 9 nitrogen and oxygen atoms in total. The van der Waals surface area contributed by atoms with Crippen LogP contribution in [0.2, 0.25) is 0 Å². The fourth-order valence-electron chi connectivity index (χ4n) is 6.03. The van der Waals surface area contributed by atoms with Crippen molar-refractivity contribution in [2.75, 3.05) is 73.2 Å². The summed E-state index contributed by atoms with van der Waals surface area (Å²) < 4.78 is 40.0. The minimum Gasteiger partial charge on any atom is -0.497 e. The molecular weight excluding hydrogens is 528 g/mol. The molecule has 3 aliphatic heterocycles. The largest absolute Gasteiger partial charge is 0.497 e. The fraction of sp³-hybridized carbons (Fsp3) is 0.567. The van der Waals surface area contributed by atoms with E-state index in [4.69, 9.17) is 9.47 Å². The van der Waals surface area contributed by atoms with Crippen molar-refractivity contribution in [3.8, 4) is 5.75 Å². The quantitative estimate of drug-likeness (QED) is 0.458. The molecule has 1 atom stereocenters. The summed E-state index contributed by atoms with van der Waals surface area (Å²) >= 11 is 0. The van der Waals surface area contributed by atoms with Gasteiger partial charge >= 0.3 is 0 Å². The zero-order valence-corrected chi connectivity index (χ0v) is 24.5. The van der Waals surface area contributed by atoms with Gasteiger partial charge in [0.25, 0.3) is 0 Å². The van der Waals surface area contributed by atoms with Crippen LogP contribution in [0.4, 0.5) is 0 Å². The van der Waals surface area contributed by atoms with Crippen molar-refractivity contribution >= 4 is 15.9 Å². The molecule has 0 aromatic heterocycles. The lowest BCUT2D eigenvalue weighted by molar-refractivity contribution is -0.138. The number of benzene rings is 2. The first-order chi connectivity index (χ1) is 19.3. The van der Waals surface area contributed by atoms with E-state index >= 15 is 0 Å². The van der Waals surface area contributed by atoms with Crippen LogP contribution in [0.25, 0.3) is 0 Å². The van der Waals surface area contributed by atoms with E-state index in [1.807, 2.05) is 29.2 Å². The Morgan fingerprint density at radius 1 is 0.925 bits per heavy atom. The third-order valence-electron chi connectivity index (χ3n) is 8.59. The number of fused-ring (bicyclic) bond motifs is 1. The highest BCUT2D eigenvalue weighted by atomic mass is 32.2. The number of likely N-dealkylation sites (tertiary alicyclic amines) is 1. The molecule has 218 valence electrons. The van der Waals surface area contributed by atoms with Crippen LogP contribution >= 0.6 is 0 Å². The lowest BCUT2D eigenvalue weighted by Crippen LogP contribution is -2.51. The zero-order valence-electron chi connectivity index (χ0n) is 23.7. The van der Waals surface area contributed by atoms with Crippen molar-refractivity contribution in [2.45, 2.75) is 36.7 Å². The summed E-state index contributed by atoms with van der Waals surface area (Å²) in [4.78, 5) is 19.9. The fourth-order valence-corrected chi connectivity index (χ4v) is 7.62. The Morgan fingerprint density at radius 2 is 1.60 bits per heavy atom. The molecule has 0 radical (unpaired) electrons. The molecule has 40 heavy (non-hydrogen) atoms. The summed E-state index contributed by atoms with van der Waals surface area (Å²) in [7, 11) is -0.0380. The number of hydrogen-bond donors (Lipinski definition) is 0. The molecule has 1 amide bonds. The predicted molar refractivity (Wildman–Crippen MR) is 154 cm³/mol. The van der Waals surface area contributed by atoms with Gasteiger partial charge in [-0.25, -0.2) is 8.42 Å². The Kier molecular flexibility index (Phi) is 9.42. The number of hydrogen-bond acceptors (Lipinski definition) is 7. The molecule has 0 N–H and O–H groups in total. The summed E-state index contributed by atoms with van der Waals surface area (Å²) in [6.45, 7) is 7.07. The second kappa shape index (κ2) is 13.0. The van der Waals surface area contributed by atoms with Crippen LogP contribution in [-0.2, 0) is 32.5 Å².